The molecule has 0 fully saturated rings. The average Bonchev–Trinajstić information content (AvgIpc) is 3.34. The highest BCUT2D eigenvalue weighted by Crippen LogP contribution is 2.25. The third-order valence-corrected chi connectivity index (χ3v) is 4.74. The lowest BCUT2D eigenvalue weighted by Crippen LogP contribution is -2.12. The van der Waals surface area contributed by atoms with Crippen molar-refractivity contribution in [2.75, 3.05) is 5.32 Å². The first-order valence-corrected chi connectivity index (χ1v) is 9.57. The van der Waals surface area contributed by atoms with Crippen molar-refractivity contribution in [2.45, 2.75) is 26.7 Å². The van der Waals surface area contributed by atoms with Crippen LogP contribution < -0.4 is 5.32 Å². The van der Waals surface area contributed by atoms with Crippen molar-refractivity contribution >= 4 is 11.6 Å². The first kappa shape index (κ1) is 18.7. The van der Waals surface area contributed by atoms with Gasteiger partial charge >= 0.3 is 0 Å². The summed E-state index contributed by atoms with van der Waals surface area (Å²) < 4.78 is 11.5. The Morgan fingerprint density at radius 2 is 1.72 bits per heavy atom. The first-order chi connectivity index (χ1) is 14.1. The van der Waals surface area contributed by atoms with Gasteiger partial charge in [0, 0.05) is 29.7 Å². The van der Waals surface area contributed by atoms with Gasteiger partial charge in [-0.1, -0.05) is 36.4 Å². The molecule has 0 saturated carbocycles. The quantitative estimate of drug-likeness (QED) is 0.455. The summed E-state index contributed by atoms with van der Waals surface area (Å²) in [6.07, 6.45) is 0.875. The number of carbonyl (C=O) groups excluding carboxylic acids is 1. The first-order valence-electron chi connectivity index (χ1n) is 9.57. The van der Waals surface area contributed by atoms with Crippen molar-refractivity contribution < 1.29 is 13.6 Å². The molecule has 0 unspecified atom stereocenters. The summed E-state index contributed by atoms with van der Waals surface area (Å²) in [6.45, 7) is 3.79. The summed E-state index contributed by atoms with van der Waals surface area (Å²) in [5, 5.41) is 2.93. The number of nitrogens with one attached hydrogen (secondary N) is 1. The van der Waals surface area contributed by atoms with Gasteiger partial charge in [0.2, 0.25) is 11.8 Å². The van der Waals surface area contributed by atoms with Gasteiger partial charge in [-0.3, -0.25) is 4.79 Å². The predicted molar refractivity (Wildman–Crippen MR) is 113 cm³/mol. The Bertz CT molecular complexity index is 1110. The van der Waals surface area contributed by atoms with Gasteiger partial charge in [0.05, 0.1) is 5.69 Å². The lowest BCUT2D eigenvalue weighted by Gasteiger charge is -2.06. The van der Waals surface area contributed by atoms with Gasteiger partial charge in [0.1, 0.15) is 17.3 Å². The fraction of sp³-hybridized carbons (Fsp3) is 0.167. The molecule has 4 rings (SSSR count). The monoisotopic (exact) mass is 386 g/mol. The second kappa shape index (κ2) is 8.19. The second-order valence-corrected chi connectivity index (χ2v) is 6.92. The summed E-state index contributed by atoms with van der Waals surface area (Å²) in [5.74, 6) is 2.88. The van der Waals surface area contributed by atoms with Crippen LogP contribution in [0, 0.1) is 13.8 Å². The number of aromatic nitrogens is 1. The minimum Gasteiger partial charge on any atom is -0.461 e. The Balaban J connectivity index is 1.37. The van der Waals surface area contributed by atoms with Crippen molar-refractivity contribution in [3.63, 3.8) is 0 Å². The van der Waals surface area contributed by atoms with Crippen LogP contribution in [0.4, 0.5) is 5.69 Å². The van der Waals surface area contributed by atoms with E-state index in [0.29, 0.717) is 24.4 Å². The summed E-state index contributed by atoms with van der Waals surface area (Å²) in [7, 11) is 0. The highest BCUT2D eigenvalue weighted by atomic mass is 16.4. The fourth-order valence-corrected chi connectivity index (χ4v) is 3.06. The number of aryl methyl sites for hydroxylation is 3. The fourth-order valence-electron chi connectivity index (χ4n) is 3.06. The van der Waals surface area contributed by atoms with Gasteiger partial charge < -0.3 is 14.2 Å². The summed E-state index contributed by atoms with van der Waals surface area (Å²) in [6, 6.07) is 21.3. The Hall–Kier alpha value is -3.60. The molecule has 0 radical (unpaired) electrons. The van der Waals surface area contributed by atoms with Crippen LogP contribution in [0.2, 0.25) is 0 Å². The Kier molecular flexibility index (Phi) is 5.29. The molecule has 1 amide bonds. The van der Waals surface area contributed by atoms with Crippen molar-refractivity contribution in [3.05, 3.63) is 83.9 Å². The number of rotatable bonds is 6. The molecule has 2 heterocycles. The maximum atomic E-state index is 12.4. The van der Waals surface area contributed by atoms with E-state index in [1.54, 1.807) is 0 Å². The number of amides is 1. The Morgan fingerprint density at radius 1 is 0.931 bits per heavy atom. The summed E-state index contributed by atoms with van der Waals surface area (Å²) in [4.78, 5) is 16.8. The minimum atomic E-state index is -0.0698. The van der Waals surface area contributed by atoms with Gasteiger partial charge in [-0.15, -0.1) is 0 Å². The SMILES string of the molecule is Cc1nc(-c2cccc(NC(=O)CCc3ccc(-c4ccccc4)o3)c2)oc1C. The van der Waals surface area contributed by atoms with E-state index in [4.69, 9.17) is 8.83 Å². The van der Waals surface area contributed by atoms with E-state index >= 15 is 0 Å². The van der Waals surface area contributed by atoms with E-state index in [2.05, 4.69) is 10.3 Å². The Morgan fingerprint density at radius 3 is 2.48 bits per heavy atom. The molecule has 4 aromatic rings. The molecule has 0 aliphatic rings. The van der Waals surface area contributed by atoms with Crippen LogP contribution >= 0.6 is 0 Å². The smallest absolute Gasteiger partial charge is 0.226 e. The zero-order valence-corrected chi connectivity index (χ0v) is 16.4. The third kappa shape index (κ3) is 4.46. The van der Waals surface area contributed by atoms with Crippen molar-refractivity contribution in [2.24, 2.45) is 0 Å². The van der Waals surface area contributed by atoms with Gasteiger partial charge in [-0.25, -0.2) is 4.98 Å². The molecule has 2 aromatic heterocycles. The van der Waals surface area contributed by atoms with Crippen LogP contribution in [0.15, 0.2) is 75.6 Å². The van der Waals surface area contributed by atoms with Crippen molar-refractivity contribution in [1.82, 2.24) is 4.98 Å². The van der Waals surface area contributed by atoms with Crippen molar-refractivity contribution in [3.8, 4) is 22.8 Å². The van der Waals surface area contributed by atoms with E-state index in [9.17, 15) is 4.79 Å². The molecule has 5 heteroatoms. The van der Waals surface area contributed by atoms with E-state index in [0.717, 1.165) is 34.1 Å². The molecular weight excluding hydrogens is 364 g/mol. The highest BCUT2D eigenvalue weighted by molar-refractivity contribution is 5.91. The second-order valence-electron chi connectivity index (χ2n) is 6.92. The molecule has 0 saturated heterocycles. The standard InChI is InChI=1S/C24H22N2O3/c1-16-17(2)28-24(25-16)19-9-6-10-20(15-19)26-23(27)14-12-21-11-13-22(29-21)18-7-4-3-5-8-18/h3-11,13,15H,12,14H2,1-2H3,(H,26,27). The number of benzene rings is 2. The molecule has 1 N–H and O–H groups in total. The normalized spacial score (nSPS) is 10.8. The van der Waals surface area contributed by atoms with E-state index in [1.165, 1.54) is 0 Å². The van der Waals surface area contributed by atoms with E-state index in [1.807, 2.05) is 80.6 Å². The van der Waals surface area contributed by atoms with E-state index in [-0.39, 0.29) is 5.91 Å². The molecule has 0 aliphatic carbocycles. The van der Waals surface area contributed by atoms with Crippen molar-refractivity contribution in [1.29, 1.82) is 0 Å². The highest BCUT2D eigenvalue weighted by Gasteiger charge is 2.11. The number of anilines is 1. The number of carbonyl (C=O) groups is 1. The molecule has 0 bridgehead atoms. The summed E-state index contributed by atoms with van der Waals surface area (Å²) in [5.41, 5.74) is 3.43. The molecule has 5 nitrogen and oxygen atoms in total. The molecule has 0 aliphatic heterocycles. The number of nitrogens with zero attached hydrogens (tertiary/aromatic N) is 1. The molecule has 0 spiro atoms. The zero-order chi connectivity index (χ0) is 20.2. The number of hydrogen-bond donors (Lipinski definition) is 1. The number of furan rings is 1. The lowest BCUT2D eigenvalue weighted by atomic mass is 10.2. The minimum absolute atomic E-state index is 0.0698. The van der Waals surface area contributed by atoms with Crippen LogP contribution in [0.1, 0.15) is 23.6 Å². The molecule has 29 heavy (non-hydrogen) atoms. The zero-order valence-electron chi connectivity index (χ0n) is 16.4. The maximum absolute atomic E-state index is 12.4. The molecule has 2 aromatic carbocycles. The van der Waals surface area contributed by atoms with Gasteiger partial charge in [-0.2, -0.15) is 0 Å². The number of hydrogen-bond acceptors (Lipinski definition) is 4. The van der Waals surface area contributed by atoms with Crippen LogP contribution in [0.5, 0.6) is 0 Å². The van der Waals surface area contributed by atoms with Gasteiger partial charge in [0.15, 0.2) is 0 Å². The topological polar surface area (TPSA) is 68.3 Å². The molecule has 146 valence electrons. The van der Waals surface area contributed by atoms with E-state index < -0.39 is 0 Å². The molecular formula is C24H22N2O3. The predicted octanol–water partition coefficient (Wildman–Crippen LogP) is 5.79. The largest absolute Gasteiger partial charge is 0.461 e. The Labute approximate surface area is 169 Å². The molecule has 0 atom stereocenters. The maximum Gasteiger partial charge on any atom is 0.226 e. The van der Waals surface area contributed by atoms with Gasteiger partial charge in [-0.05, 0) is 44.2 Å². The van der Waals surface area contributed by atoms with Gasteiger partial charge in [0.25, 0.3) is 0 Å². The average molecular weight is 386 g/mol. The van der Waals surface area contributed by atoms with Crippen LogP contribution in [-0.2, 0) is 11.2 Å². The number of oxazole rings is 1. The van der Waals surface area contributed by atoms with Crippen LogP contribution in [-0.4, -0.2) is 10.9 Å². The lowest BCUT2D eigenvalue weighted by molar-refractivity contribution is -0.116. The van der Waals surface area contributed by atoms with Crippen LogP contribution in [0.25, 0.3) is 22.8 Å². The third-order valence-electron chi connectivity index (χ3n) is 4.74. The van der Waals surface area contributed by atoms with Crippen LogP contribution in [0.3, 0.4) is 0 Å². The summed E-state index contributed by atoms with van der Waals surface area (Å²) >= 11 is 0.